The zero-order valence-electron chi connectivity index (χ0n) is 25.2. The highest BCUT2D eigenvalue weighted by Gasteiger charge is 2.03. The number of rotatable bonds is 11. The van der Waals surface area contributed by atoms with Crippen LogP contribution in [-0.4, -0.2) is 41.5 Å². The van der Waals surface area contributed by atoms with Gasteiger partial charge in [-0.05, 0) is 29.5 Å². The molecule has 5 aromatic rings. The summed E-state index contributed by atoms with van der Waals surface area (Å²) in [5.74, 6) is 3.44. The molecule has 6 N–H and O–H groups in total. The smallest absolute Gasteiger partial charge is 0.197 e. The van der Waals surface area contributed by atoms with Crippen molar-refractivity contribution in [3.05, 3.63) is 130 Å². The summed E-state index contributed by atoms with van der Waals surface area (Å²) in [6.07, 6.45) is 21.6. The van der Waals surface area contributed by atoms with E-state index in [1.807, 2.05) is 71.6 Å². The molecule has 0 radical (unpaired) electrons. The van der Waals surface area contributed by atoms with Crippen molar-refractivity contribution in [3.8, 4) is 12.3 Å². The molecule has 3 aromatic heterocycles. The van der Waals surface area contributed by atoms with Crippen LogP contribution < -0.4 is 11.5 Å². The van der Waals surface area contributed by atoms with Gasteiger partial charge in [-0.3, -0.25) is 0 Å². The van der Waals surface area contributed by atoms with Crippen LogP contribution in [0.5, 0.6) is 0 Å². The normalized spacial score (nSPS) is 9.89. The number of aryl methyl sites for hydroxylation is 3. The van der Waals surface area contributed by atoms with Gasteiger partial charge in [0, 0.05) is 41.9 Å². The summed E-state index contributed by atoms with van der Waals surface area (Å²) in [7, 11) is 0. The number of halogens is 2. The second-order valence-corrected chi connectivity index (χ2v) is 9.26. The van der Waals surface area contributed by atoms with Crippen molar-refractivity contribution < 1.29 is 0 Å². The predicted molar refractivity (Wildman–Crippen MR) is 190 cm³/mol. The minimum absolute atomic E-state index is 0. The van der Waals surface area contributed by atoms with E-state index in [1.165, 1.54) is 5.56 Å². The van der Waals surface area contributed by atoms with Crippen LogP contribution in [-0.2, 0) is 25.8 Å². The van der Waals surface area contributed by atoms with E-state index in [0.717, 1.165) is 48.3 Å². The standard InChI is InChI=1S/C16H18N6.C9H9N3.C7H9N3.2ClH/c17-16-18-11-14(19-16)8-9-15-12-22(21-20-15)10-4-7-13-5-2-1-3-6-13;10-12-11-8-4-7-9-5-2-1-3-6-9;1-2-3-4-6-5-9-7(8)10-6;;/h1-7,11-12H,8-10H2,(H3,17,18,19);1-7H,8H2;1,5H,3-4H2,(H3,8,9,10);2*1H/b2*7-4+;;;. The molecule has 14 heteroatoms. The highest BCUT2D eigenvalue weighted by atomic mass is 35.5. The zero-order valence-corrected chi connectivity index (χ0v) is 26.8. The number of terminal acetylenes is 1. The van der Waals surface area contributed by atoms with Crippen LogP contribution in [0.3, 0.4) is 0 Å². The molecule has 2 aromatic carbocycles. The Morgan fingerprint density at radius 1 is 0.848 bits per heavy atom. The van der Waals surface area contributed by atoms with Crippen molar-refractivity contribution in [2.45, 2.75) is 32.2 Å². The van der Waals surface area contributed by atoms with Gasteiger partial charge in [0.2, 0.25) is 0 Å². The minimum Gasteiger partial charge on any atom is -0.369 e. The van der Waals surface area contributed by atoms with E-state index in [2.05, 4.69) is 70.5 Å². The Kier molecular flexibility index (Phi) is 19.3. The van der Waals surface area contributed by atoms with Crippen molar-refractivity contribution in [1.29, 1.82) is 0 Å². The van der Waals surface area contributed by atoms with Gasteiger partial charge in [0.05, 0.1) is 24.6 Å². The quantitative estimate of drug-likeness (QED) is 0.0541. The van der Waals surface area contributed by atoms with Gasteiger partial charge in [0.25, 0.3) is 0 Å². The summed E-state index contributed by atoms with van der Waals surface area (Å²) < 4.78 is 1.83. The van der Waals surface area contributed by atoms with Crippen LogP contribution in [0.25, 0.3) is 22.6 Å². The fourth-order valence-electron chi connectivity index (χ4n) is 3.72. The molecule has 0 saturated carbocycles. The van der Waals surface area contributed by atoms with Crippen LogP contribution in [0.2, 0.25) is 0 Å². The van der Waals surface area contributed by atoms with Crippen molar-refractivity contribution >= 4 is 48.9 Å². The molecule has 0 amide bonds. The monoisotopic (exact) mass is 660 g/mol. The predicted octanol–water partition coefficient (Wildman–Crippen LogP) is 6.49. The average molecular weight is 662 g/mol. The largest absolute Gasteiger partial charge is 0.369 e. The Bertz CT molecular complexity index is 1660. The van der Waals surface area contributed by atoms with Gasteiger partial charge in [0.15, 0.2) is 11.9 Å². The highest BCUT2D eigenvalue weighted by Crippen LogP contribution is 2.05. The number of allylic oxidation sites excluding steroid dienone is 1. The zero-order chi connectivity index (χ0) is 31.2. The molecule has 0 aliphatic rings. The number of H-pyrrole nitrogens is 2. The number of aromatic nitrogens is 7. The third-order valence-corrected chi connectivity index (χ3v) is 5.83. The molecule has 46 heavy (non-hydrogen) atoms. The van der Waals surface area contributed by atoms with Crippen LogP contribution in [0.1, 0.15) is 34.6 Å². The number of aromatic amines is 2. The van der Waals surface area contributed by atoms with Gasteiger partial charge in [0.1, 0.15) is 0 Å². The van der Waals surface area contributed by atoms with E-state index in [9.17, 15) is 0 Å². The molecule has 0 saturated heterocycles. The molecule has 0 fully saturated rings. The molecular formula is C32H38Cl2N12. The van der Waals surface area contributed by atoms with Crippen LogP contribution in [0.15, 0.2) is 96.5 Å². The summed E-state index contributed by atoms with van der Waals surface area (Å²) in [6.45, 7) is 1.12. The molecule has 3 heterocycles. The topological polar surface area (TPSA) is 189 Å². The third kappa shape index (κ3) is 15.8. The molecular weight excluding hydrogens is 623 g/mol. The number of hydrogen-bond acceptors (Lipinski definition) is 7. The molecule has 0 aliphatic carbocycles. The Labute approximate surface area is 280 Å². The van der Waals surface area contributed by atoms with E-state index in [0.29, 0.717) is 25.0 Å². The SMILES string of the molecule is C#CCCc1cnc(N)[nH]1.Cl.Cl.Nc1ncc(CCc2cn(C/C=C/c3ccccc3)nn2)[nH]1.[N-]=[N+]=NC/C=C/c1ccccc1. The number of azide groups is 1. The van der Waals surface area contributed by atoms with Crippen LogP contribution in [0, 0.1) is 12.3 Å². The first-order valence-corrected chi connectivity index (χ1v) is 13.9. The van der Waals surface area contributed by atoms with Crippen molar-refractivity contribution in [1.82, 2.24) is 34.9 Å². The van der Waals surface area contributed by atoms with Gasteiger partial charge >= 0.3 is 0 Å². The molecule has 12 nitrogen and oxygen atoms in total. The number of nitrogens with two attached hydrogens (primary N) is 2. The Morgan fingerprint density at radius 3 is 1.93 bits per heavy atom. The number of imidazole rings is 2. The minimum atomic E-state index is 0. The van der Waals surface area contributed by atoms with Crippen LogP contribution >= 0.6 is 24.8 Å². The molecule has 5 rings (SSSR count). The number of nitrogen functional groups attached to an aromatic ring is 2. The van der Waals surface area contributed by atoms with Crippen LogP contribution in [0.4, 0.5) is 11.9 Å². The lowest BCUT2D eigenvalue weighted by atomic mass is 10.2. The van der Waals surface area contributed by atoms with E-state index < -0.39 is 0 Å². The van der Waals surface area contributed by atoms with Crippen molar-refractivity contribution in [2.24, 2.45) is 5.11 Å². The summed E-state index contributed by atoms with van der Waals surface area (Å²) >= 11 is 0. The number of anilines is 2. The van der Waals surface area contributed by atoms with Crippen molar-refractivity contribution in [2.75, 3.05) is 18.0 Å². The van der Waals surface area contributed by atoms with E-state index >= 15 is 0 Å². The molecule has 0 unspecified atom stereocenters. The van der Waals surface area contributed by atoms with E-state index in [4.69, 9.17) is 23.4 Å². The summed E-state index contributed by atoms with van der Waals surface area (Å²) in [6, 6.07) is 20.1. The number of nitrogens with one attached hydrogen (secondary N) is 2. The van der Waals surface area contributed by atoms with Gasteiger partial charge in [-0.1, -0.05) is 95.3 Å². The molecule has 240 valence electrons. The highest BCUT2D eigenvalue weighted by molar-refractivity contribution is 5.85. The number of benzene rings is 2. The van der Waals surface area contributed by atoms with Gasteiger partial charge in [-0.25, -0.2) is 14.6 Å². The number of hydrogen-bond donors (Lipinski definition) is 4. The first-order chi connectivity index (χ1) is 21.6. The maximum Gasteiger partial charge on any atom is 0.197 e. The maximum atomic E-state index is 7.99. The summed E-state index contributed by atoms with van der Waals surface area (Å²) in [5, 5.41) is 11.7. The fourth-order valence-corrected chi connectivity index (χ4v) is 3.72. The Balaban J connectivity index is 0.000000375. The van der Waals surface area contributed by atoms with Gasteiger partial charge in [-0.15, -0.1) is 42.3 Å². The first kappa shape index (κ1) is 38.6. The van der Waals surface area contributed by atoms with Gasteiger partial charge < -0.3 is 21.4 Å². The van der Waals surface area contributed by atoms with E-state index in [1.54, 1.807) is 12.4 Å². The molecule has 0 atom stereocenters. The molecule has 0 bridgehead atoms. The fraction of sp³-hybridized carbons (Fsp3) is 0.188. The van der Waals surface area contributed by atoms with Gasteiger partial charge in [-0.2, -0.15) is 0 Å². The second kappa shape index (κ2) is 23.0. The molecule has 0 aliphatic heterocycles. The summed E-state index contributed by atoms with van der Waals surface area (Å²) in [4.78, 5) is 16.3. The van der Waals surface area contributed by atoms with E-state index in [-0.39, 0.29) is 24.8 Å². The lowest BCUT2D eigenvalue weighted by Crippen LogP contribution is -1.95. The number of nitrogens with zero attached hydrogens (tertiary/aromatic N) is 8. The average Bonchev–Trinajstić information content (AvgIpc) is 3.80. The Morgan fingerprint density at radius 2 is 1.41 bits per heavy atom. The third-order valence-electron chi connectivity index (χ3n) is 5.83. The molecule has 0 spiro atoms. The Hall–Kier alpha value is -5.47. The summed E-state index contributed by atoms with van der Waals surface area (Å²) in [5.41, 5.74) is 24.1. The first-order valence-electron chi connectivity index (χ1n) is 13.9. The second-order valence-electron chi connectivity index (χ2n) is 9.26. The lowest BCUT2D eigenvalue weighted by Gasteiger charge is -1.94. The van der Waals surface area contributed by atoms with Crippen molar-refractivity contribution in [3.63, 3.8) is 0 Å². The lowest BCUT2D eigenvalue weighted by molar-refractivity contribution is 0.662. The maximum absolute atomic E-state index is 7.99.